The van der Waals surface area contributed by atoms with E-state index in [0.29, 0.717) is 11.8 Å². The molecule has 1 aromatic rings. The molecule has 0 saturated heterocycles. The third-order valence-corrected chi connectivity index (χ3v) is 3.27. The van der Waals surface area contributed by atoms with Crippen LogP contribution in [0.4, 0.5) is 0 Å². The van der Waals surface area contributed by atoms with E-state index >= 15 is 0 Å². The normalized spacial score (nSPS) is 13.6. The lowest BCUT2D eigenvalue weighted by Crippen LogP contribution is -2.18. The maximum absolute atomic E-state index is 5.82. The Hall–Kier alpha value is -0.760. The van der Waals surface area contributed by atoms with Crippen molar-refractivity contribution < 1.29 is 0 Å². The maximum atomic E-state index is 5.82. The summed E-state index contributed by atoms with van der Waals surface area (Å²) in [5.74, 6) is 1.11. The predicted octanol–water partition coefficient (Wildman–Crippen LogP) is 2.34. The highest BCUT2D eigenvalue weighted by Gasteiger charge is 2.18. The minimum Gasteiger partial charge on any atom is -0.352 e. The van der Waals surface area contributed by atoms with Crippen molar-refractivity contribution in [2.75, 3.05) is 6.54 Å². The van der Waals surface area contributed by atoms with Crippen molar-refractivity contribution in [1.29, 1.82) is 0 Å². The summed E-state index contributed by atoms with van der Waals surface area (Å²) in [4.78, 5) is 0. The van der Waals surface area contributed by atoms with Crippen LogP contribution in [0.25, 0.3) is 0 Å². The molecule has 0 bridgehead atoms. The minimum atomic E-state index is 0.495. The number of nitrogens with two attached hydrogens (primary N) is 1. The van der Waals surface area contributed by atoms with E-state index in [1.807, 2.05) is 0 Å². The smallest absolute Gasteiger partial charge is 0.0178 e. The first-order valence-electron chi connectivity index (χ1n) is 5.31. The highest BCUT2D eigenvalue weighted by molar-refractivity contribution is 5.30. The Labute approximate surface area is 87.1 Å². The lowest BCUT2D eigenvalue weighted by Gasteiger charge is -2.19. The lowest BCUT2D eigenvalue weighted by atomic mass is 9.88. The zero-order valence-electron chi connectivity index (χ0n) is 9.96. The van der Waals surface area contributed by atoms with Gasteiger partial charge in [-0.1, -0.05) is 13.8 Å². The molecule has 1 rings (SSSR count). The molecular weight excluding hydrogens is 172 g/mol. The van der Waals surface area contributed by atoms with Gasteiger partial charge in [0.1, 0.15) is 0 Å². The van der Waals surface area contributed by atoms with Crippen LogP contribution in [0, 0.1) is 19.8 Å². The van der Waals surface area contributed by atoms with Gasteiger partial charge in [0.25, 0.3) is 0 Å². The lowest BCUT2D eigenvalue weighted by molar-refractivity contribution is 0.503. The average Bonchev–Trinajstić information content (AvgIpc) is 2.35. The molecule has 1 unspecified atom stereocenters. The first-order valence-corrected chi connectivity index (χ1v) is 5.31. The van der Waals surface area contributed by atoms with Gasteiger partial charge in [-0.15, -0.1) is 0 Å². The predicted molar refractivity (Wildman–Crippen MR) is 61.5 cm³/mol. The Bertz CT molecular complexity index is 310. The van der Waals surface area contributed by atoms with Gasteiger partial charge in [0, 0.05) is 24.4 Å². The monoisotopic (exact) mass is 194 g/mol. The van der Waals surface area contributed by atoms with Crippen molar-refractivity contribution in [3.8, 4) is 0 Å². The summed E-state index contributed by atoms with van der Waals surface area (Å²) in [6, 6.07) is 2.27. The molecule has 0 amide bonds. The van der Waals surface area contributed by atoms with Crippen molar-refractivity contribution in [3.63, 3.8) is 0 Å². The molecule has 1 atom stereocenters. The molecule has 2 N–H and O–H groups in total. The van der Waals surface area contributed by atoms with Gasteiger partial charge in [-0.3, -0.25) is 0 Å². The van der Waals surface area contributed by atoms with Crippen LogP contribution in [0.1, 0.15) is 36.7 Å². The Morgan fingerprint density at radius 2 is 1.93 bits per heavy atom. The fraction of sp³-hybridized carbons (Fsp3) is 0.667. The number of rotatable bonds is 3. The van der Waals surface area contributed by atoms with E-state index in [4.69, 9.17) is 5.73 Å². The molecule has 0 aromatic carbocycles. The molecule has 0 saturated carbocycles. The van der Waals surface area contributed by atoms with Gasteiger partial charge in [0.2, 0.25) is 0 Å². The molecule has 1 heterocycles. The molecule has 2 heteroatoms. The summed E-state index contributed by atoms with van der Waals surface area (Å²) in [5.41, 5.74) is 9.91. The molecule has 0 fully saturated rings. The van der Waals surface area contributed by atoms with Crippen molar-refractivity contribution >= 4 is 0 Å². The van der Waals surface area contributed by atoms with Crippen molar-refractivity contribution in [3.05, 3.63) is 23.0 Å². The SMILES string of the molecule is Cc1cc(C(CN)C(C)C)c(C)n1C. The number of aromatic nitrogens is 1. The van der Waals surface area contributed by atoms with E-state index in [1.54, 1.807) is 0 Å². The van der Waals surface area contributed by atoms with Gasteiger partial charge < -0.3 is 10.3 Å². The third-order valence-electron chi connectivity index (χ3n) is 3.27. The van der Waals surface area contributed by atoms with Crippen molar-refractivity contribution in [2.45, 2.75) is 33.6 Å². The van der Waals surface area contributed by atoms with Gasteiger partial charge in [0.15, 0.2) is 0 Å². The summed E-state index contributed by atoms with van der Waals surface area (Å²) >= 11 is 0. The van der Waals surface area contributed by atoms with E-state index in [-0.39, 0.29) is 0 Å². The van der Waals surface area contributed by atoms with Crippen LogP contribution < -0.4 is 5.73 Å². The molecule has 80 valence electrons. The summed E-state index contributed by atoms with van der Waals surface area (Å²) in [5, 5.41) is 0. The Morgan fingerprint density at radius 3 is 2.21 bits per heavy atom. The van der Waals surface area contributed by atoms with Crippen LogP contribution in [0.5, 0.6) is 0 Å². The summed E-state index contributed by atoms with van der Waals surface area (Å²) in [6.45, 7) is 9.53. The van der Waals surface area contributed by atoms with Crippen molar-refractivity contribution in [2.24, 2.45) is 18.7 Å². The van der Waals surface area contributed by atoms with E-state index in [9.17, 15) is 0 Å². The quantitative estimate of drug-likeness (QED) is 0.786. The average molecular weight is 194 g/mol. The van der Waals surface area contributed by atoms with Crippen LogP contribution >= 0.6 is 0 Å². The molecule has 0 spiro atoms. The van der Waals surface area contributed by atoms with Crippen molar-refractivity contribution in [1.82, 2.24) is 4.57 Å². The Morgan fingerprint density at radius 1 is 1.36 bits per heavy atom. The van der Waals surface area contributed by atoms with E-state index < -0.39 is 0 Å². The minimum absolute atomic E-state index is 0.495. The Balaban J connectivity index is 3.11. The maximum Gasteiger partial charge on any atom is 0.0178 e. The summed E-state index contributed by atoms with van der Waals surface area (Å²) in [6.07, 6.45) is 0. The number of hydrogen-bond acceptors (Lipinski definition) is 1. The first-order chi connectivity index (χ1) is 6.49. The second-order valence-corrected chi connectivity index (χ2v) is 4.47. The van der Waals surface area contributed by atoms with E-state index in [1.165, 1.54) is 17.0 Å². The second-order valence-electron chi connectivity index (χ2n) is 4.47. The number of aryl methyl sites for hydroxylation is 1. The topological polar surface area (TPSA) is 30.9 Å². The highest BCUT2D eigenvalue weighted by atomic mass is 14.9. The molecule has 0 aliphatic carbocycles. The number of nitrogens with zero attached hydrogens (tertiary/aromatic N) is 1. The highest BCUT2D eigenvalue weighted by Crippen LogP contribution is 2.27. The standard InChI is InChI=1S/C12H22N2/c1-8(2)12(7-13)11-6-9(3)14(5)10(11)4/h6,8,12H,7,13H2,1-5H3. The van der Waals surface area contributed by atoms with Crippen LogP contribution in [0.15, 0.2) is 6.07 Å². The van der Waals surface area contributed by atoms with Gasteiger partial charge in [-0.05, 0) is 37.9 Å². The van der Waals surface area contributed by atoms with Crippen LogP contribution in [0.3, 0.4) is 0 Å². The third kappa shape index (κ3) is 1.85. The van der Waals surface area contributed by atoms with E-state index in [0.717, 1.165) is 6.54 Å². The number of hydrogen-bond donors (Lipinski definition) is 1. The molecule has 0 aliphatic rings. The summed E-state index contributed by atoms with van der Waals surface area (Å²) in [7, 11) is 2.11. The fourth-order valence-electron chi connectivity index (χ4n) is 2.02. The van der Waals surface area contributed by atoms with Crippen LogP contribution in [0.2, 0.25) is 0 Å². The molecular formula is C12H22N2. The molecule has 14 heavy (non-hydrogen) atoms. The zero-order chi connectivity index (χ0) is 10.9. The van der Waals surface area contributed by atoms with Gasteiger partial charge in [0.05, 0.1) is 0 Å². The first kappa shape index (κ1) is 11.3. The molecule has 1 aromatic heterocycles. The Kier molecular flexibility index (Phi) is 3.38. The van der Waals surface area contributed by atoms with E-state index in [2.05, 4.69) is 45.4 Å². The second kappa shape index (κ2) is 4.18. The van der Waals surface area contributed by atoms with Crippen LogP contribution in [-0.2, 0) is 7.05 Å². The van der Waals surface area contributed by atoms with Gasteiger partial charge in [-0.2, -0.15) is 0 Å². The van der Waals surface area contributed by atoms with Crippen LogP contribution in [-0.4, -0.2) is 11.1 Å². The fourth-order valence-corrected chi connectivity index (χ4v) is 2.02. The zero-order valence-corrected chi connectivity index (χ0v) is 9.96. The largest absolute Gasteiger partial charge is 0.352 e. The molecule has 0 aliphatic heterocycles. The summed E-state index contributed by atoms with van der Waals surface area (Å²) < 4.78 is 2.24. The van der Waals surface area contributed by atoms with Gasteiger partial charge in [-0.25, -0.2) is 0 Å². The molecule has 0 radical (unpaired) electrons. The van der Waals surface area contributed by atoms with Gasteiger partial charge >= 0.3 is 0 Å². The molecule has 2 nitrogen and oxygen atoms in total.